The summed E-state index contributed by atoms with van der Waals surface area (Å²) >= 11 is 3.33. The van der Waals surface area contributed by atoms with Crippen molar-refractivity contribution in [2.24, 2.45) is 0 Å². The van der Waals surface area contributed by atoms with Gasteiger partial charge in [0.2, 0.25) is 0 Å². The van der Waals surface area contributed by atoms with E-state index in [1.807, 2.05) is 0 Å². The average molecular weight is 239 g/mol. The van der Waals surface area contributed by atoms with Crippen LogP contribution >= 0.6 is 12.6 Å². The Kier molecular flexibility index (Phi) is 10.1. The summed E-state index contributed by atoms with van der Waals surface area (Å²) in [7, 11) is 0. The molecule has 0 atom stereocenters. The molecule has 0 unspecified atom stereocenters. The van der Waals surface area contributed by atoms with Gasteiger partial charge in [-0.25, -0.2) is 0 Å². The molecule has 0 aliphatic carbocycles. The van der Waals surface area contributed by atoms with Crippen molar-refractivity contribution in [2.45, 2.75) is 6.92 Å². The molecule has 0 aliphatic rings. The minimum Gasteiger partial charge on any atom is -0.288 e. The summed E-state index contributed by atoms with van der Waals surface area (Å²) < 4.78 is 0. The van der Waals surface area contributed by atoms with Crippen LogP contribution in [0.2, 0.25) is 0 Å². The maximum atomic E-state index is 9.31. The van der Waals surface area contributed by atoms with E-state index in [9.17, 15) is 4.79 Å². The van der Waals surface area contributed by atoms with Gasteiger partial charge in [0.15, 0.2) is 5.12 Å². The monoisotopic (exact) mass is 240 g/mol. The molecule has 1 nitrogen and oxygen atoms in total. The Morgan fingerprint density at radius 3 is 1.80 bits per heavy atom. The van der Waals surface area contributed by atoms with E-state index in [4.69, 9.17) is 0 Å². The molecule has 0 N–H and O–H groups in total. The van der Waals surface area contributed by atoms with Crippen LogP contribution in [0.15, 0.2) is 0 Å². The van der Waals surface area contributed by atoms with Crippen LogP contribution in [0.1, 0.15) is 6.92 Å². The van der Waals surface area contributed by atoms with Gasteiger partial charge in [-0.05, 0) is 0 Å². The predicted molar refractivity (Wildman–Crippen MR) is 19.7 cm³/mol. The first kappa shape index (κ1) is 9.57. The molecule has 0 spiro atoms. The molecule has 0 aromatic rings. The zero-order valence-electron chi connectivity index (χ0n) is 2.67. The molecule has 0 rings (SSSR count). The molecule has 34 valence electrons. The van der Waals surface area contributed by atoms with E-state index in [1.54, 1.807) is 0 Å². The summed E-state index contributed by atoms with van der Waals surface area (Å²) in [6.07, 6.45) is 0. The topological polar surface area (TPSA) is 17.1 Å². The fourth-order valence-corrected chi connectivity index (χ4v) is 0. The molecule has 0 amide bonds. The van der Waals surface area contributed by atoms with E-state index in [2.05, 4.69) is 12.6 Å². The number of carbonyl (C=O) groups excluding carboxylic acids is 1. The zero-order valence-corrected chi connectivity index (χ0v) is 5.60. The second-order valence-corrected chi connectivity index (χ2v) is 1.15. The van der Waals surface area contributed by atoms with Crippen LogP contribution in [-0.2, 0) is 4.79 Å². The number of thiol groups is 1. The third-order valence-corrected chi connectivity index (χ3v) is 0. The summed E-state index contributed by atoms with van der Waals surface area (Å²) in [5.74, 6) is 0. The first-order chi connectivity index (χ1) is 1.73. The van der Waals surface area contributed by atoms with Crippen molar-refractivity contribution in [2.75, 3.05) is 0 Å². The third-order valence-electron chi connectivity index (χ3n) is 0. The van der Waals surface area contributed by atoms with E-state index in [-0.39, 0.29) is 43.3 Å². The summed E-state index contributed by atoms with van der Waals surface area (Å²) in [6.45, 7) is 1.39. The Labute approximate surface area is 66.9 Å². The predicted octanol–water partition coefficient (Wildman–Crippen LogP) is 0.463. The van der Waals surface area contributed by atoms with Crippen LogP contribution in [0, 0.1) is 38.2 Å². The molecule has 0 aromatic carbocycles. The second-order valence-electron chi connectivity index (χ2n) is 0.519. The Morgan fingerprint density at radius 2 is 1.80 bits per heavy atom. The molecule has 0 heterocycles. The van der Waals surface area contributed by atoms with Crippen molar-refractivity contribution in [3.8, 4) is 0 Å². The van der Waals surface area contributed by atoms with E-state index >= 15 is 0 Å². The first-order valence-electron chi connectivity index (χ1n) is 0.928. The fraction of sp³-hybridized carbons (Fsp3) is 0.500. The molecule has 0 aromatic heterocycles. The van der Waals surface area contributed by atoms with Gasteiger partial charge in [-0.3, -0.25) is 4.79 Å². The summed E-state index contributed by atoms with van der Waals surface area (Å²) in [5, 5.41) is -0.139. The molecule has 0 radical (unpaired) electrons. The molecule has 0 aliphatic heterocycles. The first-order valence-corrected chi connectivity index (χ1v) is 1.37. The van der Waals surface area contributed by atoms with Crippen LogP contribution in [0.4, 0.5) is 0 Å². The van der Waals surface area contributed by atoms with Gasteiger partial charge in [0, 0.05) is 45.1 Å². The van der Waals surface area contributed by atoms with Crippen LogP contribution in [0.5, 0.6) is 0 Å². The van der Waals surface area contributed by atoms with Gasteiger partial charge in [-0.2, -0.15) is 0 Å². The van der Waals surface area contributed by atoms with Gasteiger partial charge in [0.1, 0.15) is 0 Å². The molecule has 0 saturated heterocycles. The maximum absolute atomic E-state index is 9.31. The van der Waals surface area contributed by atoms with Crippen LogP contribution in [-0.4, -0.2) is 5.12 Å². The van der Waals surface area contributed by atoms with Gasteiger partial charge >= 0.3 is 0 Å². The largest absolute Gasteiger partial charge is 0.288 e. The Bertz CT molecular complexity index is 32.6. The molecular weight excluding hydrogens is 235 g/mol. The van der Waals surface area contributed by atoms with Crippen molar-refractivity contribution < 1.29 is 43.0 Å². The Balaban J connectivity index is 0. The van der Waals surface area contributed by atoms with E-state index in [0.29, 0.717) is 0 Å². The van der Waals surface area contributed by atoms with Gasteiger partial charge in [-0.1, -0.05) is 0 Å². The average Bonchev–Trinajstić information content (AvgIpc) is 0.811. The van der Waals surface area contributed by atoms with Gasteiger partial charge in [0.05, 0.1) is 0 Å². The summed E-state index contributed by atoms with van der Waals surface area (Å²) in [5.41, 5.74) is 0. The quantitative estimate of drug-likeness (QED) is 0.607. The third kappa shape index (κ3) is 34.3. The standard InChI is InChI=1S/C2H4OS.Dy/c1-2(3)4;/h1H3,(H,3,4);. The van der Waals surface area contributed by atoms with Crippen molar-refractivity contribution in [1.29, 1.82) is 0 Å². The summed E-state index contributed by atoms with van der Waals surface area (Å²) in [4.78, 5) is 9.31. The Morgan fingerprint density at radius 1 is 1.80 bits per heavy atom. The van der Waals surface area contributed by atoms with E-state index in [0.717, 1.165) is 0 Å². The number of rotatable bonds is 0. The van der Waals surface area contributed by atoms with Crippen LogP contribution in [0.3, 0.4) is 0 Å². The van der Waals surface area contributed by atoms with Crippen molar-refractivity contribution in [1.82, 2.24) is 0 Å². The number of hydrogen-bond donors (Lipinski definition) is 1. The van der Waals surface area contributed by atoms with Crippen molar-refractivity contribution in [3.63, 3.8) is 0 Å². The zero-order chi connectivity index (χ0) is 3.58. The minimum atomic E-state index is -0.139. The summed E-state index contributed by atoms with van der Waals surface area (Å²) in [6, 6.07) is 0. The molecule has 0 saturated carbocycles. The van der Waals surface area contributed by atoms with Gasteiger partial charge < -0.3 is 0 Å². The SMILES string of the molecule is CC(=O)S.[Dy]. The minimum absolute atomic E-state index is 0. The number of hydrogen-bond acceptors (Lipinski definition) is 1. The Hall–Kier alpha value is 1.29. The molecule has 0 bridgehead atoms. The second kappa shape index (κ2) is 5.29. The molecule has 3 heteroatoms. The maximum Gasteiger partial charge on any atom is 0.182 e. The van der Waals surface area contributed by atoms with Crippen LogP contribution < -0.4 is 0 Å². The van der Waals surface area contributed by atoms with E-state index in [1.165, 1.54) is 6.92 Å². The van der Waals surface area contributed by atoms with Crippen LogP contribution in [0.25, 0.3) is 0 Å². The van der Waals surface area contributed by atoms with E-state index < -0.39 is 0 Å². The molecular formula is C2H4DyOS. The van der Waals surface area contributed by atoms with Gasteiger partial charge in [0.25, 0.3) is 0 Å². The van der Waals surface area contributed by atoms with Gasteiger partial charge in [-0.15, -0.1) is 12.6 Å². The smallest absolute Gasteiger partial charge is 0.182 e. The number of carbonyl (C=O) groups is 1. The van der Waals surface area contributed by atoms with Crippen molar-refractivity contribution >= 4 is 17.7 Å². The molecule has 0 fully saturated rings. The van der Waals surface area contributed by atoms with Crippen molar-refractivity contribution in [3.05, 3.63) is 0 Å². The fourth-order valence-electron chi connectivity index (χ4n) is 0. The molecule has 5 heavy (non-hydrogen) atoms. The normalized spacial score (nSPS) is 5.20.